The minimum absolute atomic E-state index is 0.172. The van der Waals surface area contributed by atoms with Gasteiger partial charge in [0.1, 0.15) is 11.3 Å². The third-order valence-corrected chi connectivity index (χ3v) is 5.54. The molecule has 0 unspecified atom stereocenters. The van der Waals surface area contributed by atoms with Crippen LogP contribution in [-0.2, 0) is 6.54 Å². The Kier molecular flexibility index (Phi) is 5.48. The van der Waals surface area contributed by atoms with E-state index in [9.17, 15) is 19.3 Å². The van der Waals surface area contributed by atoms with Gasteiger partial charge in [-0.1, -0.05) is 23.5 Å². The fourth-order valence-electron chi connectivity index (χ4n) is 3.04. The van der Waals surface area contributed by atoms with Crippen molar-refractivity contribution in [2.24, 2.45) is 0 Å². The molecule has 10 heteroatoms. The van der Waals surface area contributed by atoms with E-state index in [0.29, 0.717) is 29.3 Å². The van der Waals surface area contributed by atoms with Crippen LogP contribution in [-0.4, -0.2) is 31.9 Å². The lowest BCUT2D eigenvalue weighted by atomic mass is 10.1. The minimum Gasteiger partial charge on any atom is -0.337 e. The van der Waals surface area contributed by atoms with E-state index in [1.165, 1.54) is 46.6 Å². The van der Waals surface area contributed by atoms with Crippen molar-refractivity contribution in [1.29, 1.82) is 0 Å². The molecule has 0 radical (unpaired) electrons. The fraction of sp³-hybridized carbons (Fsp3) is 0.150. The molecule has 0 aliphatic carbocycles. The summed E-state index contributed by atoms with van der Waals surface area (Å²) in [6, 6.07) is 10.2. The van der Waals surface area contributed by atoms with Crippen molar-refractivity contribution in [2.75, 3.05) is 11.4 Å². The van der Waals surface area contributed by atoms with Gasteiger partial charge >= 0.3 is 0 Å². The van der Waals surface area contributed by atoms with Gasteiger partial charge in [-0.2, -0.15) is 0 Å². The van der Waals surface area contributed by atoms with Gasteiger partial charge in [-0.05, 0) is 24.6 Å². The fourth-order valence-corrected chi connectivity index (χ4v) is 4.05. The number of hydrogen-bond donors (Lipinski definition) is 0. The Labute approximate surface area is 174 Å². The molecule has 0 N–H and O–H groups in total. The first-order valence-corrected chi connectivity index (χ1v) is 9.92. The molecule has 1 amide bonds. The normalized spacial score (nSPS) is 11.0. The molecule has 0 bridgehead atoms. The summed E-state index contributed by atoms with van der Waals surface area (Å²) in [5, 5.41) is 11.4. The first-order chi connectivity index (χ1) is 14.5. The average Bonchev–Trinajstić information content (AvgIpc) is 3.41. The van der Waals surface area contributed by atoms with E-state index in [2.05, 4.69) is 9.97 Å². The number of rotatable bonds is 7. The van der Waals surface area contributed by atoms with Gasteiger partial charge in [-0.15, -0.1) is 0 Å². The summed E-state index contributed by atoms with van der Waals surface area (Å²) in [7, 11) is 0. The Hall–Kier alpha value is -3.66. The van der Waals surface area contributed by atoms with Gasteiger partial charge in [0.2, 0.25) is 0 Å². The second kappa shape index (κ2) is 8.37. The molecule has 2 aromatic heterocycles. The molecule has 8 nitrogen and oxygen atoms in total. The van der Waals surface area contributed by atoms with Crippen LogP contribution in [0.5, 0.6) is 0 Å². The van der Waals surface area contributed by atoms with E-state index in [-0.39, 0.29) is 16.8 Å². The third-order valence-electron chi connectivity index (χ3n) is 4.50. The summed E-state index contributed by atoms with van der Waals surface area (Å²) in [5.74, 6) is -0.889. The number of amides is 1. The van der Waals surface area contributed by atoms with Gasteiger partial charge in [-0.25, -0.2) is 14.4 Å². The molecule has 0 fully saturated rings. The summed E-state index contributed by atoms with van der Waals surface area (Å²) in [6.07, 6.45) is 5.76. The highest BCUT2D eigenvalue weighted by atomic mass is 32.1. The smallest absolute Gasteiger partial charge is 0.270 e. The number of thiazole rings is 1. The van der Waals surface area contributed by atoms with E-state index >= 15 is 0 Å². The SMILES string of the molecule is O=C(c1cccc([N+](=O)[O-])c1)N(CCCn1ccnc1)c1nc2c(F)cccc2s1. The van der Waals surface area contributed by atoms with Gasteiger partial charge < -0.3 is 4.57 Å². The lowest BCUT2D eigenvalue weighted by molar-refractivity contribution is -0.384. The van der Waals surface area contributed by atoms with Crippen molar-refractivity contribution >= 4 is 38.3 Å². The van der Waals surface area contributed by atoms with Gasteiger partial charge in [0, 0.05) is 43.2 Å². The number of para-hydroxylation sites is 1. The zero-order valence-corrected chi connectivity index (χ0v) is 16.5. The van der Waals surface area contributed by atoms with E-state index < -0.39 is 16.6 Å². The molecule has 2 aromatic carbocycles. The Morgan fingerprint density at radius 2 is 2.10 bits per heavy atom. The highest BCUT2D eigenvalue weighted by Gasteiger charge is 2.23. The van der Waals surface area contributed by atoms with E-state index in [4.69, 9.17) is 0 Å². The molecule has 0 aliphatic rings. The Balaban J connectivity index is 1.66. The number of aromatic nitrogens is 3. The van der Waals surface area contributed by atoms with Crippen LogP contribution in [0.4, 0.5) is 15.2 Å². The molecule has 152 valence electrons. The quantitative estimate of drug-likeness (QED) is 0.325. The maximum Gasteiger partial charge on any atom is 0.270 e. The molecule has 30 heavy (non-hydrogen) atoms. The number of hydrogen-bond acceptors (Lipinski definition) is 6. The Morgan fingerprint density at radius 1 is 1.27 bits per heavy atom. The number of imidazole rings is 1. The zero-order chi connectivity index (χ0) is 21.1. The average molecular weight is 425 g/mol. The lowest BCUT2D eigenvalue weighted by Crippen LogP contribution is -2.32. The summed E-state index contributed by atoms with van der Waals surface area (Å²) in [4.78, 5) is 33.5. The molecule has 4 aromatic rings. The van der Waals surface area contributed by atoms with E-state index in [1.54, 1.807) is 24.7 Å². The number of non-ortho nitro benzene ring substituents is 1. The summed E-state index contributed by atoms with van der Waals surface area (Å²) in [5.41, 5.74) is 0.199. The van der Waals surface area contributed by atoms with Crippen LogP contribution in [0.25, 0.3) is 10.2 Å². The molecular formula is C20H16FN5O3S. The van der Waals surface area contributed by atoms with Gasteiger partial charge in [0.15, 0.2) is 5.13 Å². The summed E-state index contributed by atoms with van der Waals surface area (Å²) < 4.78 is 16.6. The maximum absolute atomic E-state index is 14.1. The Morgan fingerprint density at radius 3 is 2.83 bits per heavy atom. The van der Waals surface area contributed by atoms with Crippen LogP contribution < -0.4 is 4.90 Å². The third kappa shape index (κ3) is 4.03. The molecule has 0 aliphatic heterocycles. The number of anilines is 1. The molecular weight excluding hydrogens is 409 g/mol. The van der Waals surface area contributed by atoms with Crippen molar-refractivity contribution in [3.05, 3.63) is 82.7 Å². The van der Waals surface area contributed by atoms with E-state index in [0.717, 1.165) is 0 Å². The molecule has 4 rings (SSSR count). The van der Waals surface area contributed by atoms with E-state index in [1.807, 2.05) is 10.8 Å². The number of nitro groups is 1. The standard InChI is InChI=1S/C20H16FN5O3S/c21-16-6-2-7-17-18(16)23-20(30-17)25(10-3-9-24-11-8-22-13-24)19(27)14-4-1-5-15(12-14)26(28)29/h1-2,4-8,11-13H,3,9-10H2. The monoisotopic (exact) mass is 425 g/mol. The van der Waals surface area contributed by atoms with Crippen molar-refractivity contribution in [2.45, 2.75) is 13.0 Å². The number of carbonyl (C=O) groups excluding carboxylic acids is 1. The number of nitrogens with zero attached hydrogens (tertiary/aromatic N) is 5. The minimum atomic E-state index is -0.548. The number of aryl methyl sites for hydroxylation is 1. The van der Waals surface area contributed by atoms with Crippen LogP contribution in [0, 0.1) is 15.9 Å². The first-order valence-electron chi connectivity index (χ1n) is 9.10. The second-order valence-corrected chi connectivity index (χ2v) is 7.51. The number of carbonyl (C=O) groups is 1. The number of nitro benzene ring substituents is 1. The highest BCUT2D eigenvalue weighted by Crippen LogP contribution is 2.31. The molecule has 0 saturated carbocycles. The van der Waals surface area contributed by atoms with Crippen molar-refractivity contribution in [3.63, 3.8) is 0 Å². The molecule has 0 saturated heterocycles. The highest BCUT2D eigenvalue weighted by molar-refractivity contribution is 7.22. The predicted octanol–water partition coefficient (Wildman–Crippen LogP) is 4.28. The first kappa shape index (κ1) is 19.6. The van der Waals surface area contributed by atoms with Crippen molar-refractivity contribution in [3.8, 4) is 0 Å². The van der Waals surface area contributed by atoms with Gasteiger partial charge in [-0.3, -0.25) is 19.8 Å². The molecule has 0 atom stereocenters. The van der Waals surface area contributed by atoms with Crippen molar-refractivity contribution in [1.82, 2.24) is 14.5 Å². The maximum atomic E-state index is 14.1. The number of halogens is 1. The summed E-state index contributed by atoms with van der Waals surface area (Å²) in [6.45, 7) is 0.930. The largest absolute Gasteiger partial charge is 0.337 e. The summed E-state index contributed by atoms with van der Waals surface area (Å²) >= 11 is 1.20. The lowest BCUT2D eigenvalue weighted by Gasteiger charge is -2.20. The molecule has 2 heterocycles. The molecule has 0 spiro atoms. The Bertz CT molecular complexity index is 1210. The predicted molar refractivity (Wildman–Crippen MR) is 111 cm³/mol. The second-order valence-electron chi connectivity index (χ2n) is 6.50. The van der Waals surface area contributed by atoms with Gasteiger partial charge in [0.05, 0.1) is 16.0 Å². The number of fused-ring (bicyclic) bond motifs is 1. The number of benzene rings is 2. The van der Waals surface area contributed by atoms with Crippen LogP contribution >= 0.6 is 11.3 Å². The topological polar surface area (TPSA) is 94.2 Å². The van der Waals surface area contributed by atoms with Crippen LogP contribution in [0.2, 0.25) is 0 Å². The van der Waals surface area contributed by atoms with Crippen molar-refractivity contribution < 1.29 is 14.1 Å². The van der Waals surface area contributed by atoms with Crippen LogP contribution in [0.1, 0.15) is 16.8 Å². The van der Waals surface area contributed by atoms with Crippen LogP contribution in [0.15, 0.2) is 61.2 Å². The van der Waals surface area contributed by atoms with Crippen LogP contribution in [0.3, 0.4) is 0 Å². The zero-order valence-electron chi connectivity index (χ0n) is 15.6. The van der Waals surface area contributed by atoms with Gasteiger partial charge in [0.25, 0.3) is 11.6 Å².